The molecular formula is C13H24N2O3S. The number of nitrogens with one attached hydrogen (secondary N) is 2. The van der Waals surface area contributed by atoms with E-state index in [1.54, 1.807) is 11.8 Å². The minimum absolute atomic E-state index is 0.0551. The molecule has 0 radical (unpaired) electrons. The fourth-order valence-corrected chi connectivity index (χ4v) is 2.89. The van der Waals surface area contributed by atoms with Gasteiger partial charge in [0.05, 0.1) is 6.04 Å². The van der Waals surface area contributed by atoms with Gasteiger partial charge in [-0.25, -0.2) is 0 Å². The van der Waals surface area contributed by atoms with Gasteiger partial charge < -0.3 is 15.7 Å². The molecule has 0 aromatic heterocycles. The number of aliphatic carboxylic acids is 1. The molecule has 1 amide bonds. The van der Waals surface area contributed by atoms with Crippen LogP contribution in [0, 0.1) is 5.41 Å². The van der Waals surface area contributed by atoms with Crippen molar-refractivity contribution in [3.05, 3.63) is 0 Å². The van der Waals surface area contributed by atoms with Crippen LogP contribution in [0.15, 0.2) is 0 Å². The molecule has 0 aromatic rings. The molecule has 5 nitrogen and oxygen atoms in total. The van der Waals surface area contributed by atoms with Gasteiger partial charge in [0.15, 0.2) is 0 Å². The zero-order valence-corrected chi connectivity index (χ0v) is 12.5. The molecule has 1 unspecified atom stereocenters. The molecule has 1 rings (SSSR count). The lowest BCUT2D eigenvalue weighted by molar-refractivity contribution is -0.137. The predicted octanol–water partition coefficient (Wildman–Crippen LogP) is 1.09. The van der Waals surface area contributed by atoms with Crippen molar-refractivity contribution in [2.45, 2.75) is 39.2 Å². The van der Waals surface area contributed by atoms with Crippen LogP contribution in [0.4, 0.5) is 0 Å². The standard InChI is InChI=1S/C13H24N2O3S/c1-13(2,4-3-11(16)17)5-6-15-12(18)10-9-19-8-7-14-10/h10,14H,3-9H2,1-2H3,(H,15,18)(H,16,17). The largest absolute Gasteiger partial charge is 0.481 e. The van der Waals surface area contributed by atoms with Crippen molar-refractivity contribution in [1.82, 2.24) is 10.6 Å². The van der Waals surface area contributed by atoms with Gasteiger partial charge in [-0.15, -0.1) is 0 Å². The Balaban J connectivity index is 2.20. The van der Waals surface area contributed by atoms with Crippen molar-refractivity contribution >= 4 is 23.6 Å². The lowest BCUT2D eigenvalue weighted by Gasteiger charge is -2.26. The molecule has 1 fully saturated rings. The fourth-order valence-electron chi connectivity index (χ4n) is 1.95. The van der Waals surface area contributed by atoms with E-state index in [2.05, 4.69) is 10.6 Å². The highest BCUT2D eigenvalue weighted by Gasteiger charge is 2.22. The van der Waals surface area contributed by atoms with Gasteiger partial charge in [0.2, 0.25) is 5.91 Å². The van der Waals surface area contributed by atoms with E-state index in [9.17, 15) is 9.59 Å². The maximum absolute atomic E-state index is 11.9. The lowest BCUT2D eigenvalue weighted by Crippen LogP contribution is -2.49. The summed E-state index contributed by atoms with van der Waals surface area (Å²) in [6, 6.07) is -0.0825. The minimum atomic E-state index is -0.763. The Morgan fingerprint density at radius 2 is 2.16 bits per heavy atom. The Morgan fingerprint density at radius 3 is 2.74 bits per heavy atom. The lowest BCUT2D eigenvalue weighted by atomic mass is 9.84. The van der Waals surface area contributed by atoms with Crippen LogP contribution in [0.25, 0.3) is 0 Å². The molecule has 0 bridgehead atoms. The predicted molar refractivity (Wildman–Crippen MR) is 77.4 cm³/mol. The van der Waals surface area contributed by atoms with E-state index in [0.29, 0.717) is 13.0 Å². The molecule has 6 heteroatoms. The van der Waals surface area contributed by atoms with E-state index in [-0.39, 0.29) is 23.8 Å². The van der Waals surface area contributed by atoms with Crippen LogP contribution >= 0.6 is 11.8 Å². The number of hydrogen-bond acceptors (Lipinski definition) is 4. The van der Waals surface area contributed by atoms with Crippen LogP contribution in [-0.2, 0) is 9.59 Å². The molecule has 1 saturated heterocycles. The number of hydrogen-bond donors (Lipinski definition) is 3. The first-order valence-corrected chi connectivity index (χ1v) is 7.87. The molecule has 110 valence electrons. The molecule has 3 N–H and O–H groups in total. The topological polar surface area (TPSA) is 78.4 Å². The third kappa shape index (κ3) is 6.82. The van der Waals surface area contributed by atoms with E-state index < -0.39 is 5.97 Å². The number of carboxylic acid groups (broad SMARTS) is 1. The SMILES string of the molecule is CC(C)(CCNC(=O)C1CSCCN1)CCC(=O)O. The average Bonchev–Trinajstić information content (AvgIpc) is 2.37. The molecule has 0 spiro atoms. The monoisotopic (exact) mass is 288 g/mol. The van der Waals surface area contributed by atoms with Crippen molar-refractivity contribution in [2.24, 2.45) is 5.41 Å². The number of carbonyl (C=O) groups is 2. The summed E-state index contributed by atoms with van der Waals surface area (Å²) >= 11 is 1.79. The second-order valence-electron chi connectivity index (χ2n) is 5.68. The summed E-state index contributed by atoms with van der Waals surface area (Å²) in [6.07, 6.45) is 1.61. The first kappa shape index (κ1) is 16.3. The van der Waals surface area contributed by atoms with E-state index in [1.807, 2.05) is 13.8 Å². The van der Waals surface area contributed by atoms with Crippen LogP contribution < -0.4 is 10.6 Å². The van der Waals surface area contributed by atoms with Gasteiger partial charge in [-0.2, -0.15) is 11.8 Å². The maximum Gasteiger partial charge on any atom is 0.303 e. The smallest absolute Gasteiger partial charge is 0.303 e. The summed E-state index contributed by atoms with van der Waals surface area (Å²) in [5.74, 6) is 1.18. The number of carbonyl (C=O) groups excluding carboxylic acids is 1. The Morgan fingerprint density at radius 1 is 1.42 bits per heavy atom. The van der Waals surface area contributed by atoms with Crippen molar-refractivity contribution in [2.75, 3.05) is 24.6 Å². The van der Waals surface area contributed by atoms with Crippen molar-refractivity contribution < 1.29 is 14.7 Å². The molecule has 0 saturated carbocycles. The highest BCUT2D eigenvalue weighted by Crippen LogP contribution is 2.26. The molecule has 1 aliphatic rings. The normalized spacial score (nSPS) is 20.0. The Kier molecular flexibility index (Phi) is 6.65. The molecular weight excluding hydrogens is 264 g/mol. The molecule has 1 atom stereocenters. The van der Waals surface area contributed by atoms with E-state index in [1.165, 1.54) is 0 Å². The van der Waals surface area contributed by atoms with Crippen LogP contribution in [0.5, 0.6) is 0 Å². The highest BCUT2D eigenvalue weighted by atomic mass is 32.2. The molecule has 1 aliphatic heterocycles. The second kappa shape index (κ2) is 7.75. The van der Waals surface area contributed by atoms with E-state index in [0.717, 1.165) is 24.5 Å². The summed E-state index contributed by atoms with van der Waals surface area (Å²) in [6.45, 7) is 5.56. The van der Waals surface area contributed by atoms with Gasteiger partial charge >= 0.3 is 5.97 Å². The minimum Gasteiger partial charge on any atom is -0.481 e. The van der Waals surface area contributed by atoms with Gasteiger partial charge in [0.25, 0.3) is 0 Å². The first-order valence-electron chi connectivity index (χ1n) is 6.71. The van der Waals surface area contributed by atoms with E-state index in [4.69, 9.17) is 5.11 Å². The Bertz CT molecular complexity index is 315. The number of thioether (sulfide) groups is 1. The Hall–Kier alpha value is -0.750. The highest BCUT2D eigenvalue weighted by molar-refractivity contribution is 7.99. The molecule has 1 heterocycles. The van der Waals surface area contributed by atoms with Crippen molar-refractivity contribution in [3.8, 4) is 0 Å². The summed E-state index contributed by atoms with van der Waals surface area (Å²) in [5, 5.41) is 14.8. The van der Waals surface area contributed by atoms with Gasteiger partial charge in [-0.3, -0.25) is 9.59 Å². The van der Waals surface area contributed by atoms with Crippen LogP contribution in [-0.4, -0.2) is 47.6 Å². The maximum atomic E-state index is 11.9. The van der Waals surface area contributed by atoms with Gasteiger partial charge in [-0.05, 0) is 18.3 Å². The molecule has 19 heavy (non-hydrogen) atoms. The summed E-state index contributed by atoms with van der Waals surface area (Å²) in [5.41, 5.74) is -0.0551. The van der Waals surface area contributed by atoms with Crippen LogP contribution in [0.2, 0.25) is 0 Å². The van der Waals surface area contributed by atoms with Gasteiger partial charge in [-0.1, -0.05) is 13.8 Å². The quantitative estimate of drug-likeness (QED) is 0.653. The van der Waals surface area contributed by atoms with Crippen LogP contribution in [0.3, 0.4) is 0 Å². The van der Waals surface area contributed by atoms with Crippen LogP contribution in [0.1, 0.15) is 33.1 Å². The first-order chi connectivity index (χ1) is 8.91. The Labute approximate surface area is 118 Å². The van der Waals surface area contributed by atoms with E-state index >= 15 is 0 Å². The summed E-state index contributed by atoms with van der Waals surface area (Å²) in [4.78, 5) is 22.4. The average molecular weight is 288 g/mol. The number of carboxylic acids is 1. The zero-order chi connectivity index (χ0) is 14.3. The third-order valence-electron chi connectivity index (χ3n) is 3.35. The molecule has 0 aliphatic carbocycles. The second-order valence-corrected chi connectivity index (χ2v) is 6.83. The van der Waals surface area contributed by atoms with Crippen molar-refractivity contribution in [3.63, 3.8) is 0 Å². The summed E-state index contributed by atoms with van der Waals surface area (Å²) < 4.78 is 0. The molecule has 0 aromatic carbocycles. The van der Waals surface area contributed by atoms with Crippen molar-refractivity contribution in [1.29, 1.82) is 0 Å². The zero-order valence-electron chi connectivity index (χ0n) is 11.7. The summed E-state index contributed by atoms with van der Waals surface area (Å²) in [7, 11) is 0. The fraction of sp³-hybridized carbons (Fsp3) is 0.846. The van der Waals surface area contributed by atoms with Gasteiger partial charge in [0, 0.05) is 31.0 Å². The number of rotatable bonds is 7. The van der Waals surface area contributed by atoms with Gasteiger partial charge in [0.1, 0.15) is 0 Å². The third-order valence-corrected chi connectivity index (χ3v) is 4.42. The number of amides is 1.